The van der Waals surface area contributed by atoms with E-state index >= 15 is 0 Å². The van der Waals surface area contributed by atoms with Gasteiger partial charge in [-0.25, -0.2) is 8.42 Å². The first-order valence-corrected chi connectivity index (χ1v) is 8.01. The lowest BCUT2D eigenvalue weighted by Gasteiger charge is -2.25. The van der Waals surface area contributed by atoms with Crippen molar-refractivity contribution in [1.29, 1.82) is 0 Å². The number of rotatable bonds is 4. The van der Waals surface area contributed by atoms with Crippen LogP contribution in [0.5, 0.6) is 11.5 Å². The van der Waals surface area contributed by atoms with E-state index in [4.69, 9.17) is 15.2 Å². The number of hydrogen-bond donors (Lipinski definition) is 1. The molecule has 0 radical (unpaired) electrons. The summed E-state index contributed by atoms with van der Waals surface area (Å²) in [6.07, 6.45) is 1.22. The summed E-state index contributed by atoms with van der Waals surface area (Å²) in [7, 11) is -1.20. The van der Waals surface area contributed by atoms with Crippen LogP contribution in [0.1, 0.15) is 0 Å². The van der Waals surface area contributed by atoms with E-state index in [9.17, 15) is 8.42 Å². The van der Waals surface area contributed by atoms with Crippen LogP contribution in [-0.4, -0.2) is 47.2 Å². The van der Waals surface area contributed by atoms with Gasteiger partial charge in [-0.3, -0.25) is 0 Å². The number of nitrogens with zero attached hydrogens (tertiary/aromatic N) is 1. The number of sulfone groups is 1. The number of hydrogen-bond acceptors (Lipinski definition) is 6. The average molecular weight is 286 g/mol. The molecule has 7 heteroatoms. The monoisotopic (exact) mass is 286 g/mol. The second-order valence-corrected chi connectivity index (χ2v) is 6.87. The topological polar surface area (TPSA) is 81.9 Å². The number of fused-ring (bicyclic) bond motifs is 1. The Labute approximate surface area is 113 Å². The normalized spacial score (nSPS) is 14.2. The zero-order chi connectivity index (χ0) is 14.0. The standard InChI is InChI=1S/C12H18N2O4S/c1-14(3-6-19(2,15)16)10-8-12-11(7-9(10)13)17-4-5-18-12/h7-8H,3-6,13H2,1-2H3. The van der Waals surface area contributed by atoms with Crippen LogP contribution in [0.2, 0.25) is 0 Å². The van der Waals surface area contributed by atoms with E-state index in [1.165, 1.54) is 6.26 Å². The van der Waals surface area contributed by atoms with E-state index in [1.807, 2.05) is 0 Å². The van der Waals surface area contributed by atoms with Crippen LogP contribution in [0.15, 0.2) is 12.1 Å². The van der Waals surface area contributed by atoms with E-state index < -0.39 is 9.84 Å². The van der Waals surface area contributed by atoms with Gasteiger partial charge in [0.2, 0.25) is 0 Å². The van der Waals surface area contributed by atoms with Crippen molar-refractivity contribution in [3.63, 3.8) is 0 Å². The van der Waals surface area contributed by atoms with Gasteiger partial charge in [-0.2, -0.15) is 0 Å². The highest BCUT2D eigenvalue weighted by Crippen LogP contribution is 2.38. The van der Waals surface area contributed by atoms with Crippen molar-refractivity contribution in [1.82, 2.24) is 0 Å². The molecule has 0 atom stereocenters. The predicted molar refractivity (Wildman–Crippen MR) is 74.8 cm³/mol. The molecule has 0 bridgehead atoms. The van der Waals surface area contributed by atoms with Crippen LogP contribution in [0.25, 0.3) is 0 Å². The first-order valence-electron chi connectivity index (χ1n) is 5.95. The Balaban J connectivity index is 2.19. The Morgan fingerprint density at radius 3 is 2.42 bits per heavy atom. The number of anilines is 2. The molecule has 106 valence electrons. The molecule has 0 aromatic heterocycles. The maximum Gasteiger partial charge on any atom is 0.163 e. The lowest BCUT2D eigenvalue weighted by atomic mass is 10.2. The SMILES string of the molecule is CN(CCS(C)(=O)=O)c1cc2c(cc1N)OCCO2. The Morgan fingerprint density at radius 2 is 1.84 bits per heavy atom. The number of nitrogen functional groups attached to an aromatic ring is 1. The quantitative estimate of drug-likeness (QED) is 0.813. The number of nitrogens with two attached hydrogens (primary N) is 1. The minimum absolute atomic E-state index is 0.0807. The summed E-state index contributed by atoms with van der Waals surface area (Å²) in [5, 5.41) is 0. The fourth-order valence-electron chi connectivity index (χ4n) is 1.85. The van der Waals surface area contributed by atoms with E-state index in [2.05, 4.69) is 0 Å². The molecule has 0 fully saturated rings. The zero-order valence-corrected chi connectivity index (χ0v) is 11.9. The van der Waals surface area contributed by atoms with Crippen molar-refractivity contribution < 1.29 is 17.9 Å². The van der Waals surface area contributed by atoms with Crippen LogP contribution in [0, 0.1) is 0 Å². The Kier molecular flexibility index (Phi) is 3.75. The molecule has 0 amide bonds. The third-order valence-electron chi connectivity index (χ3n) is 2.90. The fraction of sp³-hybridized carbons (Fsp3) is 0.500. The zero-order valence-electron chi connectivity index (χ0n) is 11.0. The Hall–Kier alpha value is -1.63. The van der Waals surface area contributed by atoms with Crippen LogP contribution in [0.3, 0.4) is 0 Å². The summed E-state index contributed by atoms with van der Waals surface area (Å²) in [6.45, 7) is 1.39. The molecular formula is C12H18N2O4S. The molecule has 1 aromatic rings. The second kappa shape index (κ2) is 5.16. The minimum atomic E-state index is -3.00. The van der Waals surface area contributed by atoms with Crippen molar-refractivity contribution in [2.24, 2.45) is 0 Å². The van der Waals surface area contributed by atoms with Crippen molar-refractivity contribution in [3.05, 3.63) is 12.1 Å². The Bertz CT molecular complexity index is 571. The average Bonchev–Trinajstić information content (AvgIpc) is 2.34. The highest BCUT2D eigenvalue weighted by Gasteiger charge is 2.17. The molecule has 2 rings (SSSR count). The van der Waals surface area contributed by atoms with E-state index in [0.29, 0.717) is 36.9 Å². The summed E-state index contributed by atoms with van der Waals surface area (Å²) >= 11 is 0. The van der Waals surface area contributed by atoms with Crippen molar-refractivity contribution in [2.75, 3.05) is 49.4 Å². The molecule has 6 nitrogen and oxygen atoms in total. The van der Waals surface area contributed by atoms with Gasteiger partial charge in [-0.05, 0) is 0 Å². The summed E-state index contributed by atoms with van der Waals surface area (Å²) in [4.78, 5) is 1.80. The maximum atomic E-state index is 11.2. The molecule has 1 aliphatic rings. The molecule has 1 aliphatic heterocycles. The molecule has 0 spiro atoms. The maximum absolute atomic E-state index is 11.2. The first-order chi connectivity index (χ1) is 8.87. The van der Waals surface area contributed by atoms with Gasteiger partial charge in [0.1, 0.15) is 23.1 Å². The minimum Gasteiger partial charge on any atom is -0.486 e. The highest BCUT2D eigenvalue weighted by molar-refractivity contribution is 7.90. The van der Waals surface area contributed by atoms with Crippen molar-refractivity contribution >= 4 is 21.2 Å². The molecule has 1 heterocycles. The van der Waals surface area contributed by atoms with Crippen LogP contribution >= 0.6 is 0 Å². The third-order valence-corrected chi connectivity index (χ3v) is 3.82. The molecular weight excluding hydrogens is 268 g/mol. The smallest absolute Gasteiger partial charge is 0.163 e. The van der Waals surface area contributed by atoms with Gasteiger partial charge in [0.05, 0.1) is 17.1 Å². The van der Waals surface area contributed by atoms with Gasteiger partial charge in [-0.15, -0.1) is 0 Å². The molecule has 2 N–H and O–H groups in total. The summed E-state index contributed by atoms with van der Waals surface area (Å²) in [5.74, 6) is 1.35. The van der Waals surface area contributed by atoms with Gasteiger partial charge in [0.15, 0.2) is 11.5 Å². The molecule has 0 saturated carbocycles. The lowest BCUT2D eigenvalue weighted by molar-refractivity contribution is 0.172. The molecule has 0 unspecified atom stereocenters. The predicted octanol–water partition coefficient (Wildman–Crippen LogP) is 0.521. The molecule has 0 saturated heterocycles. The van der Waals surface area contributed by atoms with Crippen molar-refractivity contribution in [2.45, 2.75) is 0 Å². The van der Waals surface area contributed by atoms with Gasteiger partial charge in [0.25, 0.3) is 0 Å². The number of ether oxygens (including phenoxy) is 2. The number of benzene rings is 1. The lowest BCUT2D eigenvalue weighted by Crippen LogP contribution is -2.26. The first kappa shape index (κ1) is 13.8. The van der Waals surface area contributed by atoms with Crippen molar-refractivity contribution in [3.8, 4) is 11.5 Å². The summed E-state index contributed by atoms with van der Waals surface area (Å²) in [5.41, 5.74) is 7.24. The van der Waals surface area contributed by atoms with Gasteiger partial charge in [0, 0.05) is 32.0 Å². The summed E-state index contributed by atoms with van der Waals surface area (Å²) in [6, 6.07) is 3.49. The van der Waals surface area contributed by atoms with E-state index in [1.54, 1.807) is 24.1 Å². The highest BCUT2D eigenvalue weighted by atomic mass is 32.2. The Morgan fingerprint density at radius 1 is 1.26 bits per heavy atom. The van der Waals surface area contributed by atoms with Crippen LogP contribution in [0.4, 0.5) is 11.4 Å². The molecule has 0 aliphatic carbocycles. The van der Waals surface area contributed by atoms with Crippen LogP contribution in [-0.2, 0) is 9.84 Å². The van der Waals surface area contributed by atoms with E-state index in [0.717, 1.165) is 5.69 Å². The van der Waals surface area contributed by atoms with Gasteiger partial charge < -0.3 is 20.1 Å². The van der Waals surface area contributed by atoms with Gasteiger partial charge >= 0.3 is 0 Å². The summed E-state index contributed by atoms with van der Waals surface area (Å²) < 4.78 is 33.3. The largest absolute Gasteiger partial charge is 0.486 e. The molecule has 1 aromatic carbocycles. The molecule has 19 heavy (non-hydrogen) atoms. The van der Waals surface area contributed by atoms with E-state index in [-0.39, 0.29) is 5.75 Å². The van der Waals surface area contributed by atoms with Gasteiger partial charge in [-0.1, -0.05) is 0 Å². The second-order valence-electron chi connectivity index (χ2n) is 4.61. The fourth-order valence-corrected chi connectivity index (χ4v) is 2.45. The van der Waals surface area contributed by atoms with Crippen LogP contribution < -0.4 is 20.1 Å². The third kappa shape index (κ3) is 3.44.